The number of rotatable bonds is 6. The minimum atomic E-state index is -0.211. The van der Waals surface area contributed by atoms with Gasteiger partial charge in [0, 0.05) is 16.5 Å². The Balaban J connectivity index is 1.84. The number of methoxy groups -OCH3 is 2. The number of amides is 1. The van der Waals surface area contributed by atoms with E-state index in [-0.39, 0.29) is 5.91 Å². The van der Waals surface area contributed by atoms with Gasteiger partial charge in [0.2, 0.25) is 0 Å². The van der Waals surface area contributed by atoms with Crippen molar-refractivity contribution in [1.82, 2.24) is 4.98 Å². The number of anilines is 1. The lowest BCUT2D eigenvalue weighted by atomic mass is 10.0. The van der Waals surface area contributed by atoms with Gasteiger partial charge in [-0.2, -0.15) is 0 Å². The van der Waals surface area contributed by atoms with Crippen LogP contribution >= 0.6 is 11.3 Å². The van der Waals surface area contributed by atoms with Gasteiger partial charge >= 0.3 is 0 Å². The maximum Gasteiger partial charge on any atom is 0.257 e. The standard InChI is InChI=1S/C21H22N2O3S/c1-5-14-10-18(25-3)19(26-4)11-16(14)20(24)23-21-22-17(12-27-21)15-8-6-13(2)7-9-15/h6-12H,5H2,1-4H3,(H,22,23,24). The molecular formula is C21H22N2O3S. The van der Waals surface area contributed by atoms with Gasteiger partial charge in [0.25, 0.3) is 5.91 Å². The van der Waals surface area contributed by atoms with Gasteiger partial charge in [-0.1, -0.05) is 36.8 Å². The minimum absolute atomic E-state index is 0.211. The van der Waals surface area contributed by atoms with Crippen LogP contribution in [0.2, 0.25) is 0 Å². The molecular weight excluding hydrogens is 360 g/mol. The van der Waals surface area contributed by atoms with Crippen LogP contribution in [0.15, 0.2) is 41.8 Å². The van der Waals surface area contributed by atoms with Crippen molar-refractivity contribution < 1.29 is 14.3 Å². The zero-order chi connectivity index (χ0) is 19.4. The molecule has 2 aromatic carbocycles. The molecule has 0 saturated heterocycles. The third kappa shape index (κ3) is 4.11. The molecule has 140 valence electrons. The van der Waals surface area contributed by atoms with Gasteiger partial charge in [0.05, 0.1) is 19.9 Å². The largest absolute Gasteiger partial charge is 0.493 e. The number of carbonyl (C=O) groups is 1. The highest BCUT2D eigenvalue weighted by molar-refractivity contribution is 7.14. The highest BCUT2D eigenvalue weighted by Gasteiger charge is 2.17. The fourth-order valence-electron chi connectivity index (χ4n) is 2.78. The highest BCUT2D eigenvalue weighted by Crippen LogP contribution is 2.32. The number of nitrogens with one attached hydrogen (secondary N) is 1. The van der Waals surface area contributed by atoms with Gasteiger partial charge in [0.15, 0.2) is 16.6 Å². The summed E-state index contributed by atoms with van der Waals surface area (Å²) in [5.74, 6) is 0.929. The van der Waals surface area contributed by atoms with Crippen LogP contribution in [-0.4, -0.2) is 25.1 Å². The second-order valence-electron chi connectivity index (χ2n) is 6.08. The normalized spacial score (nSPS) is 10.5. The maximum absolute atomic E-state index is 12.8. The second-order valence-corrected chi connectivity index (χ2v) is 6.93. The fraction of sp³-hybridized carbons (Fsp3) is 0.238. The minimum Gasteiger partial charge on any atom is -0.493 e. The molecule has 0 fully saturated rings. The van der Waals surface area contributed by atoms with Crippen molar-refractivity contribution in [3.8, 4) is 22.8 Å². The molecule has 6 heteroatoms. The number of nitrogens with zero attached hydrogens (tertiary/aromatic N) is 1. The summed E-state index contributed by atoms with van der Waals surface area (Å²) >= 11 is 1.40. The quantitative estimate of drug-likeness (QED) is 0.655. The van der Waals surface area contributed by atoms with Crippen molar-refractivity contribution in [2.24, 2.45) is 0 Å². The van der Waals surface area contributed by atoms with Crippen LogP contribution < -0.4 is 14.8 Å². The second kappa shape index (κ2) is 8.22. The summed E-state index contributed by atoms with van der Waals surface area (Å²) < 4.78 is 10.7. The van der Waals surface area contributed by atoms with Crippen LogP contribution in [0.5, 0.6) is 11.5 Å². The summed E-state index contributed by atoms with van der Waals surface area (Å²) in [5.41, 5.74) is 4.52. The van der Waals surface area contributed by atoms with E-state index in [0.29, 0.717) is 28.6 Å². The van der Waals surface area contributed by atoms with Gasteiger partial charge in [-0.15, -0.1) is 11.3 Å². The zero-order valence-corrected chi connectivity index (χ0v) is 16.6. The third-order valence-corrected chi connectivity index (χ3v) is 5.06. The Kier molecular flexibility index (Phi) is 5.76. The summed E-state index contributed by atoms with van der Waals surface area (Å²) in [6, 6.07) is 11.7. The lowest BCUT2D eigenvalue weighted by molar-refractivity contribution is 0.102. The number of carbonyl (C=O) groups excluding carboxylic acids is 1. The van der Waals surface area contributed by atoms with Crippen LogP contribution in [0.1, 0.15) is 28.4 Å². The first-order chi connectivity index (χ1) is 13.0. The van der Waals surface area contributed by atoms with E-state index in [9.17, 15) is 4.79 Å². The number of benzene rings is 2. The highest BCUT2D eigenvalue weighted by atomic mass is 32.1. The molecule has 0 aliphatic rings. The number of hydrogen-bond donors (Lipinski definition) is 1. The molecule has 1 N–H and O–H groups in total. The van der Waals surface area contributed by atoms with Crippen molar-refractivity contribution in [2.75, 3.05) is 19.5 Å². The Morgan fingerprint density at radius 1 is 1.11 bits per heavy atom. The lowest BCUT2D eigenvalue weighted by Crippen LogP contribution is -2.14. The first kappa shape index (κ1) is 18.9. The molecule has 3 aromatic rings. The summed E-state index contributed by atoms with van der Waals surface area (Å²) in [5, 5.41) is 5.40. The Labute approximate surface area is 163 Å². The molecule has 1 amide bonds. The van der Waals surface area contributed by atoms with Crippen LogP contribution in [0.3, 0.4) is 0 Å². The Morgan fingerprint density at radius 3 is 2.41 bits per heavy atom. The van der Waals surface area contributed by atoms with Crippen molar-refractivity contribution >= 4 is 22.4 Å². The van der Waals surface area contributed by atoms with Crippen molar-refractivity contribution in [3.63, 3.8) is 0 Å². The van der Waals surface area contributed by atoms with E-state index in [2.05, 4.69) is 10.3 Å². The zero-order valence-electron chi connectivity index (χ0n) is 15.8. The average Bonchev–Trinajstić information content (AvgIpc) is 3.15. The van der Waals surface area contributed by atoms with Crippen molar-refractivity contribution in [2.45, 2.75) is 20.3 Å². The predicted molar refractivity (Wildman–Crippen MR) is 109 cm³/mol. The maximum atomic E-state index is 12.8. The fourth-order valence-corrected chi connectivity index (χ4v) is 3.49. The smallest absolute Gasteiger partial charge is 0.257 e. The van der Waals surface area contributed by atoms with Gasteiger partial charge in [0.1, 0.15) is 0 Å². The van der Waals surface area contributed by atoms with Gasteiger partial charge in [-0.3, -0.25) is 10.1 Å². The Morgan fingerprint density at radius 2 is 1.78 bits per heavy atom. The van der Waals surface area contributed by atoms with Gasteiger partial charge < -0.3 is 9.47 Å². The summed E-state index contributed by atoms with van der Waals surface area (Å²) in [4.78, 5) is 17.3. The van der Waals surface area contributed by atoms with Crippen LogP contribution in [-0.2, 0) is 6.42 Å². The molecule has 27 heavy (non-hydrogen) atoms. The molecule has 5 nitrogen and oxygen atoms in total. The van der Waals surface area contributed by atoms with Gasteiger partial charge in [-0.25, -0.2) is 4.98 Å². The lowest BCUT2D eigenvalue weighted by Gasteiger charge is -2.13. The molecule has 0 atom stereocenters. The number of hydrogen-bond acceptors (Lipinski definition) is 5. The average molecular weight is 382 g/mol. The summed E-state index contributed by atoms with van der Waals surface area (Å²) in [6.45, 7) is 4.04. The molecule has 0 radical (unpaired) electrons. The molecule has 0 saturated carbocycles. The van der Waals surface area contributed by atoms with Crippen LogP contribution in [0.25, 0.3) is 11.3 Å². The van der Waals surface area contributed by atoms with Crippen LogP contribution in [0, 0.1) is 6.92 Å². The first-order valence-corrected chi connectivity index (χ1v) is 9.52. The molecule has 0 unspecified atom stereocenters. The predicted octanol–water partition coefficient (Wildman–Crippen LogP) is 4.95. The van der Waals surface area contributed by atoms with Gasteiger partial charge in [-0.05, 0) is 31.0 Å². The Hall–Kier alpha value is -2.86. The molecule has 0 bridgehead atoms. The number of aromatic nitrogens is 1. The van der Waals surface area contributed by atoms with E-state index in [1.807, 2.05) is 49.6 Å². The Bertz CT molecular complexity index is 949. The molecule has 0 aliphatic carbocycles. The molecule has 1 aromatic heterocycles. The number of aryl methyl sites for hydroxylation is 2. The number of thiazole rings is 1. The van der Waals surface area contributed by atoms with E-state index in [1.165, 1.54) is 16.9 Å². The van der Waals surface area contributed by atoms with E-state index in [0.717, 1.165) is 16.8 Å². The monoisotopic (exact) mass is 382 g/mol. The number of ether oxygens (including phenoxy) is 2. The topological polar surface area (TPSA) is 60.5 Å². The van der Waals surface area contributed by atoms with E-state index >= 15 is 0 Å². The molecule has 0 spiro atoms. The first-order valence-electron chi connectivity index (χ1n) is 8.64. The molecule has 0 aliphatic heterocycles. The molecule has 1 heterocycles. The van der Waals surface area contributed by atoms with E-state index < -0.39 is 0 Å². The SMILES string of the molecule is CCc1cc(OC)c(OC)cc1C(=O)Nc1nc(-c2ccc(C)cc2)cs1. The van der Waals surface area contributed by atoms with Crippen molar-refractivity contribution in [3.05, 3.63) is 58.5 Å². The van der Waals surface area contributed by atoms with Crippen molar-refractivity contribution in [1.29, 1.82) is 0 Å². The third-order valence-electron chi connectivity index (χ3n) is 4.31. The molecule has 3 rings (SSSR count). The van der Waals surface area contributed by atoms with Crippen LogP contribution in [0.4, 0.5) is 5.13 Å². The van der Waals surface area contributed by atoms with E-state index in [1.54, 1.807) is 20.3 Å². The summed E-state index contributed by atoms with van der Waals surface area (Å²) in [6.07, 6.45) is 0.704. The van der Waals surface area contributed by atoms with E-state index in [4.69, 9.17) is 9.47 Å². The summed E-state index contributed by atoms with van der Waals surface area (Å²) in [7, 11) is 3.14.